The smallest absolute Gasteiger partial charge is 0.217 e. The Morgan fingerprint density at radius 2 is 2.12 bits per heavy atom. The van der Waals surface area contributed by atoms with Crippen LogP contribution in [0.15, 0.2) is 36.5 Å². The van der Waals surface area contributed by atoms with E-state index in [0.717, 1.165) is 17.3 Å². The van der Waals surface area contributed by atoms with Crippen LogP contribution in [0.2, 0.25) is 0 Å². The minimum Gasteiger partial charge on any atom is -0.370 e. The van der Waals surface area contributed by atoms with Gasteiger partial charge in [0, 0.05) is 29.4 Å². The van der Waals surface area contributed by atoms with Gasteiger partial charge in [-0.25, -0.2) is 0 Å². The van der Waals surface area contributed by atoms with E-state index in [4.69, 9.17) is 5.73 Å². The first-order valence-corrected chi connectivity index (χ1v) is 5.29. The van der Waals surface area contributed by atoms with Gasteiger partial charge in [-0.2, -0.15) is 0 Å². The van der Waals surface area contributed by atoms with E-state index in [1.54, 1.807) is 0 Å². The van der Waals surface area contributed by atoms with E-state index < -0.39 is 0 Å². The lowest BCUT2D eigenvalue weighted by Gasteiger charge is -1.96. The zero-order chi connectivity index (χ0) is 11.4. The van der Waals surface area contributed by atoms with Gasteiger partial charge in [-0.15, -0.1) is 0 Å². The predicted octanol–water partition coefficient (Wildman–Crippen LogP) is 0.788. The third kappa shape index (κ3) is 2.53. The molecule has 82 valence electrons. The second-order valence-electron chi connectivity index (χ2n) is 3.71. The highest BCUT2D eigenvalue weighted by atomic mass is 16.1. The number of nitrogens with zero attached hydrogens (tertiary/aromatic N) is 2. The molecule has 1 aromatic heterocycles. The first kappa shape index (κ1) is 10.5. The van der Waals surface area contributed by atoms with E-state index in [0.29, 0.717) is 13.0 Å². The van der Waals surface area contributed by atoms with Crippen molar-refractivity contribution in [3.8, 4) is 0 Å². The summed E-state index contributed by atoms with van der Waals surface area (Å²) in [5.41, 5.74) is 6.04. The van der Waals surface area contributed by atoms with Gasteiger partial charge in [0.05, 0.1) is 0 Å². The number of hydrogen-bond acceptors (Lipinski definition) is 2. The van der Waals surface area contributed by atoms with Crippen LogP contribution in [0.4, 0.5) is 0 Å². The summed E-state index contributed by atoms with van der Waals surface area (Å²) in [5, 5.41) is 5.56. The largest absolute Gasteiger partial charge is 0.370 e. The maximum absolute atomic E-state index is 10.6. The molecule has 4 heteroatoms. The van der Waals surface area contributed by atoms with Crippen LogP contribution < -0.4 is 10.4 Å². The molecule has 1 heterocycles. The minimum absolute atomic E-state index is 0.263. The lowest BCUT2D eigenvalue weighted by molar-refractivity contribution is -0.751. The summed E-state index contributed by atoms with van der Waals surface area (Å²) in [7, 11) is 0. The lowest BCUT2D eigenvalue weighted by Crippen LogP contribution is -2.37. The van der Waals surface area contributed by atoms with Gasteiger partial charge in [0.1, 0.15) is 5.52 Å². The highest BCUT2D eigenvalue weighted by Gasteiger charge is 2.05. The molecule has 0 aliphatic carbocycles. The molecule has 0 saturated heterocycles. The van der Waals surface area contributed by atoms with E-state index in [1.165, 1.54) is 0 Å². The Balaban J connectivity index is 2.10. The fraction of sp³-hybridized carbons (Fsp3) is 0.250. The molecule has 1 amide bonds. The summed E-state index contributed by atoms with van der Waals surface area (Å²) in [6, 6.07) is 9.97. The van der Waals surface area contributed by atoms with Crippen molar-refractivity contribution in [3.05, 3.63) is 36.5 Å². The van der Waals surface area contributed by atoms with Gasteiger partial charge >= 0.3 is 0 Å². The fourth-order valence-corrected chi connectivity index (χ4v) is 1.60. The molecule has 0 spiro atoms. The second-order valence-corrected chi connectivity index (χ2v) is 3.71. The number of carbonyl (C=O) groups excluding carboxylic acids is 1. The fourth-order valence-electron chi connectivity index (χ4n) is 1.60. The molecule has 2 aromatic rings. The Morgan fingerprint density at radius 3 is 2.94 bits per heavy atom. The second kappa shape index (κ2) is 4.70. The van der Waals surface area contributed by atoms with Gasteiger partial charge in [-0.05, 0) is 6.07 Å². The maximum atomic E-state index is 10.6. The van der Waals surface area contributed by atoms with Gasteiger partial charge < -0.3 is 5.73 Å². The molecule has 0 aliphatic rings. The first-order valence-electron chi connectivity index (χ1n) is 5.29. The summed E-state index contributed by atoms with van der Waals surface area (Å²) < 4.78 is 1.84. The van der Waals surface area contributed by atoms with Crippen molar-refractivity contribution < 1.29 is 9.48 Å². The molecular weight excluding hydrogens is 202 g/mol. The highest BCUT2D eigenvalue weighted by Crippen LogP contribution is 2.06. The normalized spacial score (nSPS) is 10.5. The van der Waals surface area contributed by atoms with Gasteiger partial charge in [0.15, 0.2) is 12.7 Å². The summed E-state index contributed by atoms with van der Waals surface area (Å²) in [4.78, 5) is 10.6. The zero-order valence-corrected chi connectivity index (χ0v) is 8.97. The molecule has 0 saturated carbocycles. The average Bonchev–Trinajstić information content (AvgIpc) is 2.28. The van der Waals surface area contributed by atoms with Crippen LogP contribution in [0.25, 0.3) is 10.9 Å². The Labute approximate surface area is 93.7 Å². The van der Waals surface area contributed by atoms with Crippen molar-refractivity contribution in [2.75, 3.05) is 0 Å². The summed E-state index contributed by atoms with van der Waals surface area (Å²) in [6.07, 6.45) is 3.05. The molecule has 0 fully saturated rings. The number of primary amides is 1. The quantitative estimate of drug-likeness (QED) is 0.768. The number of rotatable bonds is 4. The van der Waals surface area contributed by atoms with Crippen LogP contribution in [0.5, 0.6) is 0 Å². The standard InChI is InChI=1S/C12H13N3O/c13-12(16)6-3-8-15-9-7-10-4-1-2-5-11(10)14-15/h1-2,4-5,7,9H,3,6,8H2,(H-,13,16)/p+1. The van der Waals surface area contributed by atoms with Crippen LogP contribution in [-0.4, -0.2) is 11.0 Å². The monoisotopic (exact) mass is 216 g/mol. The third-order valence-corrected chi connectivity index (χ3v) is 2.41. The van der Waals surface area contributed by atoms with Crippen LogP contribution >= 0.6 is 0 Å². The van der Waals surface area contributed by atoms with Crippen molar-refractivity contribution in [2.45, 2.75) is 19.4 Å². The van der Waals surface area contributed by atoms with E-state index in [1.807, 2.05) is 41.2 Å². The number of fused-ring (bicyclic) bond motifs is 1. The van der Waals surface area contributed by atoms with Gasteiger partial charge in [-0.3, -0.25) is 4.79 Å². The van der Waals surface area contributed by atoms with Gasteiger partial charge in [0.2, 0.25) is 5.91 Å². The summed E-state index contributed by atoms with van der Waals surface area (Å²) in [5.74, 6) is -0.263. The average molecular weight is 216 g/mol. The Hall–Kier alpha value is -1.97. The van der Waals surface area contributed by atoms with E-state index in [2.05, 4.69) is 5.10 Å². The predicted molar refractivity (Wildman–Crippen MR) is 60.4 cm³/mol. The number of nitrogens with two attached hydrogens (primary N) is 1. The molecule has 16 heavy (non-hydrogen) atoms. The number of aryl methyl sites for hydroxylation is 1. The SMILES string of the molecule is NC(=O)CCC[n+]1ccc2ccccc2n1. The van der Waals surface area contributed by atoms with Crippen LogP contribution in [0.3, 0.4) is 0 Å². The Morgan fingerprint density at radius 1 is 1.31 bits per heavy atom. The highest BCUT2D eigenvalue weighted by molar-refractivity contribution is 5.76. The summed E-state index contributed by atoms with van der Waals surface area (Å²) in [6.45, 7) is 0.716. The number of amides is 1. The van der Waals surface area contributed by atoms with Crippen LogP contribution in [0, 0.1) is 0 Å². The molecule has 2 N–H and O–H groups in total. The molecule has 4 nitrogen and oxygen atoms in total. The third-order valence-electron chi connectivity index (χ3n) is 2.41. The number of carbonyl (C=O) groups is 1. The minimum atomic E-state index is -0.263. The van der Waals surface area contributed by atoms with E-state index >= 15 is 0 Å². The van der Waals surface area contributed by atoms with Gasteiger partial charge in [0.25, 0.3) is 0 Å². The maximum Gasteiger partial charge on any atom is 0.217 e. The number of aromatic nitrogens is 2. The van der Waals surface area contributed by atoms with E-state index in [-0.39, 0.29) is 5.91 Å². The Kier molecular flexibility index (Phi) is 3.10. The zero-order valence-electron chi connectivity index (χ0n) is 8.97. The van der Waals surface area contributed by atoms with Crippen molar-refractivity contribution in [2.24, 2.45) is 5.73 Å². The van der Waals surface area contributed by atoms with Crippen molar-refractivity contribution >= 4 is 16.8 Å². The molecular formula is C12H14N3O+. The topological polar surface area (TPSA) is 59.9 Å². The molecule has 1 aromatic carbocycles. The Bertz CT molecular complexity index is 510. The van der Waals surface area contributed by atoms with E-state index in [9.17, 15) is 4.79 Å². The lowest BCUT2D eigenvalue weighted by atomic mass is 10.2. The molecule has 0 unspecified atom stereocenters. The molecule has 2 rings (SSSR count). The molecule has 0 radical (unpaired) electrons. The van der Waals surface area contributed by atoms with Crippen LogP contribution in [0.1, 0.15) is 12.8 Å². The van der Waals surface area contributed by atoms with Crippen molar-refractivity contribution in [3.63, 3.8) is 0 Å². The van der Waals surface area contributed by atoms with Crippen LogP contribution in [-0.2, 0) is 11.3 Å². The van der Waals surface area contributed by atoms with Crippen molar-refractivity contribution in [1.29, 1.82) is 0 Å². The van der Waals surface area contributed by atoms with Gasteiger partial charge in [-0.1, -0.05) is 22.9 Å². The first-order chi connectivity index (χ1) is 7.75. The molecule has 0 atom stereocenters. The number of hydrogen-bond donors (Lipinski definition) is 1. The summed E-state index contributed by atoms with van der Waals surface area (Å²) >= 11 is 0. The molecule has 0 aliphatic heterocycles. The van der Waals surface area contributed by atoms with Crippen molar-refractivity contribution in [1.82, 2.24) is 5.10 Å². The number of benzene rings is 1. The molecule has 0 bridgehead atoms.